The largest absolute Gasteiger partial charge is 0.345 e. The van der Waals surface area contributed by atoms with Gasteiger partial charge in [0.1, 0.15) is 5.82 Å². The number of allylic oxidation sites excluding steroid dienone is 2. The molecule has 0 amide bonds. The molecule has 1 N–H and O–H groups in total. The van der Waals surface area contributed by atoms with Gasteiger partial charge < -0.3 is 9.88 Å². The number of hydrogen-bond donors (Lipinski definition) is 1. The van der Waals surface area contributed by atoms with Crippen LogP contribution in [0.5, 0.6) is 0 Å². The fraction of sp³-hybridized carbons (Fsp3) is 0.333. The topological polar surface area (TPSA) is 19.0 Å². The first-order chi connectivity index (χ1) is 9.88. The Balaban J connectivity index is 2.24. The molecule has 0 bridgehead atoms. The van der Waals surface area contributed by atoms with E-state index in [4.69, 9.17) is 11.6 Å². The lowest BCUT2D eigenvalue weighted by atomic mass is 10.0. The summed E-state index contributed by atoms with van der Waals surface area (Å²) >= 11 is 6.49. The molecule has 3 heteroatoms. The number of alkyl halides is 1. The fourth-order valence-corrected chi connectivity index (χ4v) is 3.71. The number of halogens is 1. The summed E-state index contributed by atoms with van der Waals surface area (Å²) in [7, 11) is 0. The normalized spacial score (nSPS) is 17.7. The number of hydrogen-bond acceptors (Lipinski definition) is 1. The molecule has 1 atom stereocenters. The van der Waals surface area contributed by atoms with Crippen LogP contribution in [0.2, 0.25) is 0 Å². The fourth-order valence-electron chi connectivity index (χ4n) is 3.36. The number of nitrogens with one attached hydrogen (secondary N) is 1. The highest BCUT2D eigenvalue weighted by Gasteiger charge is 2.27. The van der Waals surface area contributed by atoms with Gasteiger partial charge in [-0.15, -0.1) is 11.6 Å². The lowest BCUT2D eigenvalue weighted by Crippen LogP contribution is -2.22. The smallest absolute Gasteiger partial charge is 0.120 e. The highest BCUT2D eigenvalue weighted by Crippen LogP contribution is 2.44. The van der Waals surface area contributed by atoms with Gasteiger partial charge in [-0.2, -0.15) is 0 Å². The Morgan fingerprint density at radius 3 is 2.24 bits per heavy atom. The molecule has 110 valence electrons. The van der Waals surface area contributed by atoms with E-state index in [-0.39, 0.29) is 5.38 Å². The standard InChI is InChI=1S/C18H21ClN2/c1-10-6-11(2)17(12(3)7-10)21-14(5)9-16(19)15-8-13(4)20-18(15)21/h6-9,16,20H,1-5H3. The van der Waals surface area contributed by atoms with Crippen LogP contribution in [-0.2, 0) is 0 Å². The van der Waals surface area contributed by atoms with Crippen molar-refractivity contribution in [3.8, 4) is 0 Å². The van der Waals surface area contributed by atoms with Crippen LogP contribution in [0.15, 0.2) is 30.0 Å². The van der Waals surface area contributed by atoms with Gasteiger partial charge in [0.15, 0.2) is 0 Å². The van der Waals surface area contributed by atoms with Crippen LogP contribution in [-0.4, -0.2) is 4.98 Å². The van der Waals surface area contributed by atoms with Gasteiger partial charge in [0.25, 0.3) is 0 Å². The number of rotatable bonds is 1. The van der Waals surface area contributed by atoms with Crippen LogP contribution >= 0.6 is 11.6 Å². The third-order valence-electron chi connectivity index (χ3n) is 4.08. The molecule has 2 aromatic rings. The first-order valence-corrected chi connectivity index (χ1v) is 7.72. The van der Waals surface area contributed by atoms with E-state index in [2.05, 4.69) is 68.8 Å². The molecule has 21 heavy (non-hydrogen) atoms. The second kappa shape index (κ2) is 4.96. The lowest BCUT2D eigenvalue weighted by Gasteiger charge is -2.33. The van der Waals surface area contributed by atoms with Crippen molar-refractivity contribution in [1.82, 2.24) is 4.98 Å². The monoisotopic (exact) mass is 300 g/mol. The first-order valence-electron chi connectivity index (χ1n) is 7.28. The molecule has 2 nitrogen and oxygen atoms in total. The highest BCUT2D eigenvalue weighted by molar-refractivity contribution is 6.22. The molecule has 0 radical (unpaired) electrons. The van der Waals surface area contributed by atoms with E-state index >= 15 is 0 Å². The molecule has 1 aliphatic heterocycles. The summed E-state index contributed by atoms with van der Waals surface area (Å²) in [6.45, 7) is 10.7. The zero-order chi connectivity index (χ0) is 15.3. The van der Waals surface area contributed by atoms with Crippen LogP contribution in [0.1, 0.15) is 40.2 Å². The molecule has 1 unspecified atom stereocenters. The van der Waals surface area contributed by atoms with Gasteiger partial charge in [0, 0.05) is 17.0 Å². The average Bonchev–Trinajstić information content (AvgIpc) is 2.74. The van der Waals surface area contributed by atoms with Gasteiger partial charge in [-0.3, -0.25) is 0 Å². The second-order valence-electron chi connectivity index (χ2n) is 6.05. The van der Waals surface area contributed by atoms with E-state index in [1.54, 1.807) is 0 Å². The van der Waals surface area contributed by atoms with Crippen molar-refractivity contribution in [1.29, 1.82) is 0 Å². The number of aryl methyl sites for hydroxylation is 4. The van der Waals surface area contributed by atoms with Gasteiger partial charge >= 0.3 is 0 Å². The van der Waals surface area contributed by atoms with Gasteiger partial charge in [-0.1, -0.05) is 17.7 Å². The van der Waals surface area contributed by atoms with E-state index in [1.165, 1.54) is 28.1 Å². The van der Waals surface area contributed by atoms with Gasteiger partial charge in [0.05, 0.1) is 11.1 Å². The Kier molecular flexibility index (Phi) is 3.37. The molecule has 1 aromatic heterocycles. The number of anilines is 2. The Morgan fingerprint density at radius 1 is 1.00 bits per heavy atom. The molecule has 0 spiro atoms. The summed E-state index contributed by atoms with van der Waals surface area (Å²) in [5, 5.41) is -0.0627. The minimum atomic E-state index is -0.0627. The third-order valence-corrected chi connectivity index (χ3v) is 4.44. The number of aromatic nitrogens is 1. The van der Waals surface area contributed by atoms with Gasteiger partial charge in [-0.25, -0.2) is 0 Å². The Labute approximate surface area is 131 Å². The van der Waals surface area contributed by atoms with Crippen molar-refractivity contribution in [3.05, 3.63) is 57.9 Å². The van der Waals surface area contributed by atoms with E-state index < -0.39 is 0 Å². The molecular weight excluding hydrogens is 280 g/mol. The number of aromatic amines is 1. The average molecular weight is 301 g/mol. The van der Waals surface area contributed by atoms with Crippen molar-refractivity contribution in [2.75, 3.05) is 4.90 Å². The minimum absolute atomic E-state index is 0.0627. The van der Waals surface area contributed by atoms with Crippen LogP contribution in [0.25, 0.3) is 0 Å². The summed E-state index contributed by atoms with van der Waals surface area (Å²) in [6, 6.07) is 6.61. The summed E-state index contributed by atoms with van der Waals surface area (Å²) in [5.41, 5.74) is 8.57. The number of H-pyrrole nitrogens is 1. The zero-order valence-electron chi connectivity index (χ0n) is 13.2. The minimum Gasteiger partial charge on any atom is -0.345 e. The maximum atomic E-state index is 6.49. The second-order valence-corrected chi connectivity index (χ2v) is 6.52. The van der Waals surface area contributed by atoms with E-state index in [1.807, 2.05) is 0 Å². The van der Waals surface area contributed by atoms with Crippen molar-refractivity contribution >= 4 is 23.1 Å². The molecule has 0 saturated heterocycles. The quantitative estimate of drug-likeness (QED) is 0.681. The Hall–Kier alpha value is -1.67. The predicted octanol–water partition coefficient (Wildman–Crippen LogP) is 5.58. The molecule has 0 aliphatic carbocycles. The van der Waals surface area contributed by atoms with Crippen LogP contribution in [0, 0.1) is 27.7 Å². The SMILES string of the molecule is CC1=CC(Cl)c2cc(C)[nH]c2N1c1c(C)cc(C)cc1C. The van der Waals surface area contributed by atoms with Crippen molar-refractivity contribution in [3.63, 3.8) is 0 Å². The van der Waals surface area contributed by atoms with Crippen LogP contribution in [0.4, 0.5) is 11.5 Å². The highest BCUT2D eigenvalue weighted by atomic mass is 35.5. The number of fused-ring (bicyclic) bond motifs is 1. The Morgan fingerprint density at radius 2 is 1.62 bits per heavy atom. The maximum absolute atomic E-state index is 6.49. The molecular formula is C18H21ClN2. The van der Waals surface area contributed by atoms with Crippen molar-refractivity contribution in [2.24, 2.45) is 0 Å². The molecule has 1 aliphatic rings. The summed E-state index contributed by atoms with van der Waals surface area (Å²) in [4.78, 5) is 5.77. The van der Waals surface area contributed by atoms with Gasteiger partial charge in [0.2, 0.25) is 0 Å². The molecule has 1 aromatic carbocycles. The van der Waals surface area contributed by atoms with E-state index in [0.29, 0.717) is 0 Å². The molecule has 2 heterocycles. The van der Waals surface area contributed by atoms with Crippen LogP contribution < -0.4 is 4.90 Å². The summed E-state index contributed by atoms with van der Waals surface area (Å²) in [5.74, 6) is 1.10. The first kappa shape index (κ1) is 14.3. The number of nitrogens with zero attached hydrogens (tertiary/aromatic N) is 1. The van der Waals surface area contributed by atoms with Gasteiger partial charge in [-0.05, 0) is 57.9 Å². The molecule has 3 rings (SSSR count). The van der Waals surface area contributed by atoms with Crippen LogP contribution in [0.3, 0.4) is 0 Å². The summed E-state index contributed by atoms with van der Waals surface area (Å²) < 4.78 is 0. The van der Waals surface area contributed by atoms with E-state index in [0.717, 1.165) is 17.1 Å². The number of benzene rings is 1. The van der Waals surface area contributed by atoms with E-state index in [9.17, 15) is 0 Å². The molecule has 0 fully saturated rings. The third kappa shape index (κ3) is 2.28. The zero-order valence-corrected chi connectivity index (χ0v) is 14.0. The van der Waals surface area contributed by atoms with Crippen molar-refractivity contribution in [2.45, 2.75) is 40.0 Å². The maximum Gasteiger partial charge on any atom is 0.120 e. The van der Waals surface area contributed by atoms with Crippen molar-refractivity contribution < 1.29 is 0 Å². The lowest BCUT2D eigenvalue weighted by molar-refractivity contribution is 0.999. The Bertz CT molecular complexity index is 717. The summed E-state index contributed by atoms with van der Waals surface area (Å²) in [6.07, 6.45) is 2.12. The predicted molar refractivity (Wildman–Crippen MR) is 90.7 cm³/mol. The molecule has 0 saturated carbocycles.